The number of urea groups is 1. The third-order valence-corrected chi connectivity index (χ3v) is 5.37. The molecule has 1 saturated heterocycles. The molecule has 0 radical (unpaired) electrons. The van der Waals surface area contributed by atoms with Crippen LogP contribution in [0.25, 0.3) is 12.2 Å². The molecule has 2 heterocycles. The van der Waals surface area contributed by atoms with Crippen LogP contribution >= 0.6 is 11.3 Å². The maximum Gasteiger partial charge on any atom is 0.333 e. The number of aromatic nitrogens is 1. The van der Waals surface area contributed by atoms with Gasteiger partial charge in [-0.2, -0.15) is 0 Å². The van der Waals surface area contributed by atoms with Crippen molar-refractivity contribution in [3.05, 3.63) is 19.5 Å². The van der Waals surface area contributed by atoms with Crippen LogP contribution in [0.4, 0.5) is 4.79 Å². The Hall–Kier alpha value is -2.22. The first kappa shape index (κ1) is 20.1. The number of amides is 4. The van der Waals surface area contributed by atoms with Crippen LogP contribution in [0.15, 0.2) is 4.79 Å². The van der Waals surface area contributed by atoms with Gasteiger partial charge in [0.2, 0.25) is 0 Å². The average Bonchev–Trinajstić information content (AvgIpc) is 2.89. The third-order valence-electron chi connectivity index (χ3n) is 4.33. The Morgan fingerprint density at radius 3 is 1.81 bits per heavy atom. The molecule has 7 nitrogen and oxygen atoms in total. The molecule has 4 amide bonds. The van der Waals surface area contributed by atoms with Gasteiger partial charge in [0.1, 0.15) is 10.2 Å². The van der Waals surface area contributed by atoms with Crippen LogP contribution in [0.2, 0.25) is 0 Å². The minimum Gasteiger partial charge on any atom is -0.298 e. The van der Waals surface area contributed by atoms with Gasteiger partial charge in [0.25, 0.3) is 17.4 Å². The van der Waals surface area contributed by atoms with E-state index in [0.29, 0.717) is 19.4 Å². The smallest absolute Gasteiger partial charge is 0.298 e. The molecule has 0 aliphatic carbocycles. The van der Waals surface area contributed by atoms with Gasteiger partial charge >= 0.3 is 6.03 Å². The van der Waals surface area contributed by atoms with Gasteiger partial charge in [-0.15, -0.1) is 11.3 Å². The fraction of sp³-hybridized carbons (Fsp3) is 0.556. The second-order valence-corrected chi connectivity index (χ2v) is 7.24. The Balaban J connectivity index is 2.68. The Kier molecular flexibility index (Phi) is 6.52. The van der Waals surface area contributed by atoms with Gasteiger partial charge in [-0.05, 0) is 19.8 Å². The summed E-state index contributed by atoms with van der Waals surface area (Å²) in [6.07, 6.45) is 2.95. The van der Waals surface area contributed by atoms with Gasteiger partial charge in [0.15, 0.2) is 0 Å². The van der Waals surface area contributed by atoms with E-state index in [4.69, 9.17) is 0 Å². The number of barbiturate groups is 1. The zero-order valence-electron chi connectivity index (χ0n) is 15.5. The largest absolute Gasteiger partial charge is 0.333 e. The highest BCUT2D eigenvalue weighted by atomic mass is 32.1. The van der Waals surface area contributed by atoms with Crippen LogP contribution in [0.1, 0.15) is 46.5 Å². The fourth-order valence-electron chi connectivity index (χ4n) is 2.82. The number of nitrogens with zero attached hydrogens (tertiary/aromatic N) is 3. The third kappa shape index (κ3) is 3.51. The predicted octanol–water partition coefficient (Wildman–Crippen LogP) is 0.882. The molecule has 1 aromatic rings. The lowest BCUT2D eigenvalue weighted by atomic mass is 10.1. The number of carbonyl (C=O) groups is 3. The number of carbonyl (C=O) groups excluding carboxylic acids is 3. The maximum atomic E-state index is 13.0. The summed E-state index contributed by atoms with van der Waals surface area (Å²) < 4.78 is 1.93. The topological polar surface area (TPSA) is 79.7 Å². The van der Waals surface area contributed by atoms with Gasteiger partial charge in [0, 0.05) is 19.6 Å². The molecule has 0 bridgehead atoms. The summed E-state index contributed by atoms with van der Waals surface area (Å²) in [7, 11) is 0. The predicted molar refractivity (Wildman–Crippen MR) is 101 cm³/mol. The molecule has 0 saturated carbocycles. The summed E-state index contributed by atoms with van der Waals surface area (Å²) in [6.45, 7) is 10.2. The first-order chi connectivity index (χ1) is 12.4. The van der Waals surface area contributed by atoms with Crippen molar-refractivity contribution < 1.29 is 14.4 Å². The minimum absolute atomic E-state index is 0.101. The molecule has 8 heteroatoms. The lowest BCUT2D eigenvalue weighted by Crippen LogP contribution is -2.57. The van der Waals surface area contributed by atoms with Crippen molar-refractivity contribution in [2.75, 3.05) is 13.1 Å². The van der Waals surface area contributed by atoms with E-state index in [1.807, 2.05) is 13.8 Å². The number of rotatable bonds is 7. The van der Waals surface area contributed by atoms with Gasteiger partial charge < -0.3 is 0 Å². The summed E-state index contributed by atoms with van der Waals surface area (Å²) in [5.41, 5.74) is -0.409. The number of hydrogen-bond acceptors (Lipinski definition) is 5. The lowest BCUT2D eigenvalue weighted by Gasteiger charge is -2.33. The van der Waals surface area contributed by atoms with Crippen LogP contribution in [-0.2, 0) is 16.1 Å². The molecule has 0 N–H and O–H groups in total. The Bertz CT molecular complexity index is 851. The number of imide groups is 2. The Labute approximate surface area is 156 Å². The van der Waals surface area contributed by atoms with E-state index in [0.717, 1.165) is 34.0 Å². The van der Waals surface area contributed by atoms with Gasteiger partial charge in [0.05, 0.1) is 4.53 Å². The van der Waals surface area contributed by atoms with Crippen LogP contribution in [-0.4, -0.2) is 45.3 Å². The monoisotopic (exact) mass is 379 g/mol. The van der Waals surface area contributed by atoms with Crippen LogP contribution in [0, 0.1) is 0 Å². The lowest BCUT2D eigenvalue weighted by molar-refractivity contribution is -0.132. The van der Waals surface area contributed by atoms with Crippen molar-refractivity contribution in [3.63, 3.8) is 0 Å². The first-order valence-corrected chi connectivity index (χ1v) is 9.81. The highest BCUT2D eigenvalue weighted by molar-refractivity contribution is 7.07. The molecule has 26 heavy (non-hydrogen) atoms. The maximum absolute atomic E-state index is 13.0. The number of unbranched alkanes of at least 4 members (excludes halogenated alkanes) is 2. The molecule has 2 rings (SSSR count). The molecule has 1 aliphatic rings. The SMILES string of the molecule is C=c1sc(=C2C(=O)N(CCCC)C(=O)N(CCCC)C2=O)n(CC)c1=O. The summed E-state index contributed by atoms with van der Waals surface area (Å²) in [6, 6.07) is -0.567. The van der Waals surface area contributed by atoms with Crippen molar-refractivity contribution in [1.29, 1.82) is 0 Å². The van der Waals surface area contributed by atoms with Crippen molar-refractivity contribution in [3.8, 4) is 0 Å². The van der Waals surface area contributed by atoms with E-state index < -0.39 is 17.8 Å². The molecule has 0 unspecified atom stereocenters. The molecular weight excluding hydrogens is 354 g/mol. The van der Waals surface area contributed by atoms with Crippen LogP contribution < -0.4 is 14.8 Å². The summed E-state index contributed by atoms with van der Waals surface area (Å²) in [5, 5.41) is 0. The molecular formula is C18H25N3O4S. The second kappa shape index (κ2) is 8.44. The first-order valence-electron chi connectivity index (χ1n) is 8.99. The summed E-state index contributed by atoms with van der Waals surface area (Å²) in [4.78, 5) is 53.1. The van der Waals surface area contributed by atoms with Gasteiger partial charge in [-0.25, -0.2) is 4.79 Å². The standard InChI is InChI=1S/C18H25N3O4S/c1-5-8-10-20-15(23)13(16(24)21(18(20)25)11-9-6-2)17-19(7-3)14(22)12(4)26-17/h4-11H2,1-3H3. The van der Waals surface area contributed by atoms with Crippen molar-refractivity contribution in [2.45, 2.75) is 53.0 Å². The number of hydrogen-bond donors (Lipinski definition) is 0. The Morgan fingerprint density at radius 2 is 1.38 bits per heavy atom. The van der Waals surface area contributed by atoms with Crippen LogP contribution in [0.5, 0.6) is 0 Å². The highest BCUT2D eigenvalue weighted by Crippen LogP contribution is 2.19. The van der Waals surface area contributed by atoms with Crippen molar-refractivity contribution in [2.24, 2.45) is 0 Å². The van der Waals surface area contributed by atoms with E-state index in [-0.39, 0.29) is 33.4 Å². The van der Waals surface area contributed by atoms with Gasteiger partial charge in [-0.3, -0.25) is 28.8 Å². The van der Waals surface area contributed by atoms with E-state index in [9.17, 15) is 19.2 Å². The minimum atomic E-state index is -0.621. The van der Waals surface area contributed by atoms with Crippen LogP contribution in [0.3, 0.4) is 0 Å². The molecule has 0 spiro atoms. The van der Waals surface area contributed by atoms with Gasteiger partial charge in [-0.1, -0.05) is 33.3 Å². The molecule has 1 fully saturated rings. The van der Waals surface area contributed by atoms with E-state index in [2.05, 4.69) is 6.58 Å². The van der Waals surface area contributed by atoms with E-state index in [1.165, 1.54) is 4.57 Å². The molecule has 1 aliphatic heterocycles. The molecule has 1 aromatic heterocycles. The highest BCUT2D eigenvalue weighted by Gasteiger charge is 2.42. The van der Waals surface area contributed by atoms with Crippen molar-refractivity contribution >= 4 is 41.3 Å². The fourth-order valence-corrected chi connectivity index (χ4v) is 3.85. The molecule has 142 valence electrons. The zero-order valence-corrected chi connectivity index (χ0v) is 16.4. The molecule has 0 aromatic carbocycles. The molecule has 0 atom stereocenters. The summed E-state index contributed by atoms with van der Waals surface area (Å²) in [5.74, 6) is -1.24. The van der Waals surface area contributed by atoms with E-state index >= 15 is 0 Å². The zero-order chi connectivity index (χ0) is 19.4. The van der Waals surface area contributed by atoms with E-state index in [1.54, 1.807) is 6.92 Å². The van der Waals surface area contributed by atoms with Crippen molar-refractivity contribution in [1.82, 2.24) is 14.4 Å². The number of thiazole rings is 1. The quantitative estimate of drug-likeness (QED) is 0.704. The summed E-state index contributed by atoms with van der Waals surface area (Å²) >= 11 is 1.03. The second-order valence-electron chi connectivity index (χ2n) is 6.16. The average molecular weight is 379 g/mol. The Morgan fingerprint density at radius 1 is 0.885 bits per heavy atom. The normalized spacial score (nSPS) is 15.3.